The number of esters is 1. The molecule has 0 atom stereocenters. The standard InChI is InChI=1S/C14H18O2/c1-3-4-5-6-7-12-8-10-13(11-9-12)14(15)16-2/h3,8-11H,1,4-7H2,2H3. The number of ether oxygens (including phenoxy) is 1. The maximum absolute atomic E-state index is 11.2. The van der Waals surface area contributed by atoms with Crippen LogP contribution in [-0.2, 0) is 11.2 Å². The van der Waals surface area contributed by atoms with Crippen molar-refractivity contribution in [3.05, 3.63) is 48.0 Å². The number of allylic oxidation sites excluding steroid dienone is 1. The smallest absolute Gasteiger partial charge is 0.337 e. The number of hydrogen-bond acceptors (Lipinski definition) is 2. The minimum absolute atomic E-state index is 0.279. The average molecular weight is 218 g/mol. The first kappa shape index (κ1) is 12.5. The number of methoxy groups -OCH3 is 1. The second-order valence-electron chi connectivity index (χ2n) is 3.72. The Kier molecular flexibility index (Phi) is 5.34. The highest BCUT2D eigenvalue weighted by atomic mass is 16.5. The molecule has 2 nitrogen and oxygen atoms in total. The maximum atomic E-state index is 11.2. The van der Waals surface area contributed by atoms with Crippen LogP contribution in [0.2, 0.25) is 0 Å². The lowest BCUT2D eigenvalue weighted by molar-refractivity contribution is 0.0600. The topological polar surface area (TPSA) is 26.3 Å². The monoisotopic (exact) mass is 218 g/mol. The van der Waals surface area contributed by atoms with Crippen LogP contribution in [-0.4, -0.2) is 13.1 Å². The Morgan fingerprint density at radius 1 is 1.31 bits per heavy atom. The lowest BCUT2D eigenvalue weighted by Gasteiger charge is -2.02. The van der Waals surface area contributed by atoms with Gasteiger partial charge in [0.25, 0.3) is 0 Å². The van der Waals surface area contributed by atoms with Gasteiger partial charge in [-0.25, -0.2) is 4.79 Å². The van der Waals surface area contributed by atoms with Crippen molar-refractivity contribution in [1.29, 1.82) is 0 Å². The van der Waals surface area contributed by atoms with Gasteiger partial charge in [0.05, 0.1) is 12.7 Å². The Balaban J connectivity index is 2.45. The third-order valence-electron chi connectivity index (χ3n) is 2.50. The number of aryl methyl sites for hydroxylation is 1. The molecule has 0 saturated carbocycles. The molecule has 0 unspecified atom stereocenters. The van der Waals surface area contributed by atoms with Crippen molar-refractivity contribution < 1.29 is 9.53 Å². The van der Waals surface area contributed by atoms with Crippen LogP contribution in [0.4, 0.5) is 0 Å². The van der Waals surface area contributed by atoms with E-state index in [0.29, 0.717) is 5.56 Å². The van der Waals surface area contributed by atoms with Crippen molar-refractivity contribution in [2.75, 3.05) is 7.11 Å². The molecule has 0 bridgehead atoms. The SMILES string of the molecule is C=CCCCCc1ccc(C(=O)OC)cc1. The molecule has 0 N–H and O–H groups in total. The molecule has 0 saturated heterocycles. The zero-order valence-electron chi connectivity index (χ0n) is 9.74. The van der Waals surface area contributed by atoms with Gasteiger partial charge in [-0.2, -0.15) is 0 Å². The van der Waals surface area contributed by atoms with Gasteiger partial charge >= 0.3 is 5.97 Å². The van der Waals surface area contributed by atoms with Crippen molar-refractivity contribution in [3.8, 4) is 0 Å². The summed E-state index contributed by atoms with van der Waals surface area (Å²) in [5.74, 6) is -0.279. The number of carbonyl (C=O) groups is 1. The Morgan fingerprint density at radius 2 is 2.00 bits per heavy atom. The van der Waals surface area contributed by atoms with Crippen LogP contribution >= 0.6 is 0 Å². The first-order chi connectivity index (χ1) is 7.77. The number of hydrogen-bond donors (Lipinski definition) is 0. The Bertz CT molecular complexity index is 338. The van der Waals surface area contributed by atoms with Crippen molar-refractivity contribution in [2.24, 2.45) is 0 Å². The molecule has 1 aromatic rings. The van der Waals surface area contributed by atoms with Gasteiger partial charge in [0.15, 0.2) is 0 Å². The van der Waals surface area contributed by atoms with E-state index in [1.807, 2.05) is 30.3 Å². The van der Waals surface area contributed by atoms with Gasteiger partial charge < -0.3 is 4.74 Å². The summed E-state index contributed by atoms with van der Waals surface area (Å²) in [5, 5.41) is 0. The van der Waals surface area contributed by atoms with Gasteiger partial charge in [-0.15, -0.1) is 6.58 Å². The predicted molar refractivity (Wildman–Crippen MR) is 65.5 cm³/mol. The third-order valence-corrected chi connectivity index (χ3v) is 2.50. The minimum Gasteiger partial charge on any atom is -0.465 e. The van der Waals surface area contributed by atoms with Crippen LogP contribution in [0.25, 0.3) is 0 Å². The normalized spacial score (nSPS) is 9.81. The highest BCUT2D eigenvalue weighted by molar-refractivity contribution is 5.89. The highest BCUT2D eigenvalue weighted by Crippen LogP contribution is 2.09. The largest absolute Gasteiger partial charge is 0.465 e. The van der Waals surface area contributed by atoms with Crippen LogP contribution in [0.15, 0.2) is 36.9 Å². The van der Waals surface area contributed by atoms with Crippen molar-refractivity contribution >= 4 is 5.97 Å². The van der Waals surface area contributed by atoms with Crippen LogP contribution in [0.5, 0.6) is 0 Å². The summed E-state index contributed by atoms with van der Waals surface area (Å²) in [5.41, 5.74) is 1.87. The molecular formula is C14H18O2. The molecule has 0 aliphatic heterocycles. The second-order valence-corrected chi connectivity index (χ2v) is 3.72. The fourth-order valence-corrected chi connectivity index (χ4v) is 1.54. The summed E-state index contributed by atoms with van der Waals surface area (Å²) in [4.78, 5) is 11.2. The Hall–Kier alpha value is -1.57. The molecule has 1 aromatic carbocycles. The molecule has 0 aliphatic rings. The number of unbranched alkanes of at least 4 members (excludes halogenated alkanes) is 2. The van der Waals surface area contributed by atoms with E-state index in [0.717, 1.165) is 19.3 Å². The lowest BCUT2D eigenvalue weighted by atomic mass is 10.1. The minimum atomic E-state index is -0.279. The van der Waals surface area contributed by atoms with Crippen LogP contribution in [0.3, 0.4) is 0 Å². The molecule has 86 valence electrons. The van der Waals surface area contributed by atoms with E-state index in [9.17, 15) is 4.79 Å². The predicted octanol–water partition coefficient (Wildman–Crippen LogP) is 3.37. The third kappa shape index (κ3) is 3.89. The zero-order chi connectivity index (χ0) is 11.8. The Labute approximate surface area is 96.9 Å². The van der Waals surface area contributed by atoms with E-state index in [-0.39, 0.29) is 5.97 Å². The van der Waals surface area contributed by atoms with Gasteiger partial charge in [-0.05, 0) is 43.4 Å². The van der Waals surface area contributed by atoms with E-state index in [2.05, 4.69) is 11.3 Å². The fourth-order valence-electron chi connectivity index (χ4n) is 1.54. The summed E-state index contributed by atoms with van der Waals surface area (Å²) in [7, 11) is 1.39. The van der Waals surface area contributed by atoms with Gasteiger partial charge in [-0.1, -0.05) is 18.2 Å². The van der Waals surface area contributed by atoms with Gasteiger partial charge in [0.1, 0.15) is 0 Å². The molecule has 1 rings (SSSR count). The van der Waals surface area contributed by atoms with Gasteiger partial charge in [0, 0.05) is 0 Å². The van der Waals surface area contributed by atoms with E-state index in [1.54, 1.807) is 0 Å². The first-order valence-corrected chi connectivity index (χ1v) is 5.56. The van der Waals surface area contributed by atoms with Gasteiger partial charge in [0.2, 0.25) is 0 Å². The number of carbonyl (C=O) groups excluding carboxylic acids is 1. The molecule has 0 amide bonds. The van der Waals surface area contributed by atoms with Crippen molar-refractivity contribution in [1.82, 2.24) is 0 Å². The van der Waals surface area contributed by atoms with E-state index in [4.69, 9.17) is 0 Å². The molecule has 0 aliphatic carbocycles. The molecule has 0 heterocycles. The van der Waals surface area contributed by atoms with E-state index >= 15 is 0 Å². The van der Waals surface area contributed by atoms with Crippen LogP contribution < -0.4 is 0 Å². The molecule has 0 radical (unpaired) electrons. The fraction of sp³-hybridized carbons (Fsp3) is 0.357. The van der Waals surface area contributed by atoms with Crippen molar-refractivity contribution in [2.45, 2.75) is 25.7 Å². The Morgan fingerprint density at radius 3 is 2.56 bits per heavy atom. The molecule has 0 spiro atoms. The summed E-state index contributed by atoms with van der Waals surface area (Å²) < 4.78 is 4.64. The highest BCUT2D eigenvalue weighted by Gasteiger charge is 2.03. The van der Waals surface area contributed by atoms with E-state index < -0.39 is 0 Å². The quantitative estimate of drug-likeness (QED) is 0.415. The van der Waals surface area contributed by atoms with Gasteiger partial charge in [-0.3, -0.25) is 0 Å². The molecule has 0 aromatic heterocycles. The maximum Gasteiger partial charge on any atom is 0.337 e. The summed E-state index contributed by atoms with van der Waals surface area (Å²) in [6, 6.07) is 7.60. The van der Waals surface area contributed by atoms with Crippen LogP contribution in [0.1, 0.15) is 35.2 Å². The van der Waals surface area contributed by atoms with Crippen molar-refractivity contribution in [3.63, 3.8) is 0 Å². The molecule has 0 fully saturated rings. The molecular weight excluding hydrogens is 200 g/mol. The summed E-state index contributed by atoms with van der Waals surface area (Å²) >= 11 is 0. The first-order valence-electron chi connectivity index (χ1n) is 5.56. The molecule has 16 heavy (non-hydrogen) atoms. The van der Waals surface area contributed by atoms with E-state index in [1.165, 1.54) is 19.1 Å². The number of rotatable bonds is 6. The lowest BCUT2D eigenvalue weighted by Crippen LogP contribution is -2.00. The average Bonchev–Trinajstić information content (AvgIpc) is 2.34. The second kappa shape index (κ2) is 6.83. The zero-order valence-corrected chi connectivity index (χ0v) is 9.74. The van der Waals surface area contributed by atoms with Crippen LogP contribution in [0, 0.1) is 0 Å². The molecule has 2 heteroatoms. The summed E-state index contributed by atoms with van der Waals surface area (Å²) in [6.07, 6.45) is 6.39. The summed E-state index contributed by atoms with van der Waals surface area (Å²) in [6.45, 7) is 3.69. The number of benzene rings is 1.